The molecular weight excluding hydrogens is 713 g/mol. The van der Waals surface area contributed by atoms with E-state index in [0.717, 1.165) is 96.4 Å². The second kappa shape index (κ2) is 15.4. The van der Waals surface area contributed by atoms with Gasteiger partial charge < -0.3 is 39.9 Å². The van der Waals surface area contributed by atoms with Crippen molar-refractivity contribution < 1.29 is 28.7 Å². The van der Waals surface area contributed by atoms with E-state index in [1.54, 1.807) is 6.20 Å². The van der Waals surface area contributed by atoms with Gasteiger partial charge in [0.1, 0.15) is 22.7 Å². The molecule has 4 aliphatic rings. The van der Waals surface area contributed by atoms with Gasteiger partial charge in [-0.1, -0.05) is 49.7 Å². The number of imidazole rings is 2. The average molecular weight is 761 g/mol. The Hall–Kier alpha value is -5.84. The van der Waals surface area contributed by atoms with Gasteiger partial charge in [-0.15, -0.1) is 0 Å². The van der Waals surface area contributed by atoms with Crippen molar-refractivity contribution >= 4 is 35.0 Å². The summed E-state index contributed by atoms with van der Waals surface area (Å²) in [5, 5.41) is 5.73. The van der Waals surface area contributed by atoms with Crippen LogP contribution in [0.25, 0.3) is 22.3 Å². The first-order valence-electron chi connectivity index (χ1n) is 19.7. The molecule has 4 aromatic rings. The van der Waals surface area contributed by atoms with Crippen LogP contribution in [0.4, 0.5) is 9.59 Å². The van der Waals surface area contributed by atoms with Gasteiger partial charge in [-0.05, 0) is 87.3 Å². The average Bonchev–Trinajstić information content (AvgIpc) is 4.07. The van der Waals surface area contributed by atoms with Crippen LogP contribution in [-0.2, 0) is 19.1 Å². The van der Waals surface area contributed by atoms with E-state index >= 15 is 0 Å². The maximum Gasteiger partial charge on any atom is 0.407 e. The van der Waals surface area contributed by atoms with Gasteiger partial charge in [-0.3, -0.25) is 9.59 Å². The maximum atomic E-state index is 13.9. The number of methoxy groups -OCH3 is 2. The number of carbonyl (C=O) groups is 4. The lowest BCUT2D eigenvalue weighted by molar-refractivity contribution is -0.139. The summed E-state index contributed by atoms with van der Waals surface area (Å²) >= 11 is 0. The van der Waals surface area contributed by atoms with E-state index in [1.165, 1.54) is 14.2 Å². The number of carbonyl (C=O) groups excluding carboxylic acids is 4. The minimum atomic E-state index is -0.936. The minimum Gasteiger partial charge on any atom is -0.453 e. The summed E-state index contributed by atoms with van der Waals surface area (Å²) in [6.45, 7) is 1.23. The number of hydrogen-bond donors (Lipinski definition) is 4. The number of amides is 4. The summed E-state index contributed by atoms with van der Waals surface area (Å²) in [6, 6.07) is 13.4. The van der Waals surface area contributed by atoms with Crippen LogP contribution in [0.1, 0.15) is 112 Å². The zero-order chi connectivity index (χ0) is 38.9. The van der Waals surface area contributed by atoms with Crippen LogP contribution in [0.15, 0.2) is 48.7 Å². The molecule has 2 unspecified atom stereocenters. The number of hydrogen-bond acceptors (Lipinski definition) is 8. The third kappa shape index (κ3) is 7.06. The van der Waals surface area contributed by atoms with Gasteiger partial charge in [0.05, 0.1) is 49.2 Å². The predicted molar refractivity (Wildman–Crippen MR) is 207 cm³/mol. The Bertz CT molecular complexity index is 2190. The fourth-order valence-electron chi connectivity index (χ4n) is 9.17. The van der Waals surface area contributed by atoms with Crippen molar-refractivity contribution in [2.24, 2.45) is 0 Å². The first-order chi connectivity index (χ1) is 27.2. The van der Waals surface area contributed by atoms with E-state index < -0.39 is 23.3 Å². The number of ether oxygens (including phenoxy) is 2. The van der Waals surface area contributed by atoms with Crippen LogP contribution < -0.4 is 10.6 Å². The monoisotopic (exact) mass is 760 g/mol. The molecule has 4 heterocycles. The Morgan fingerprint density at radius 2 is 1.25 bits per heavy atom. The molecule has 2 atom stereocenters. The molecule has 4 N–H and O–H groups in total. The third-order valence-corrected chi connectivity index (χ3v) is 12.1. The lowest BCUT2D eigenvalue weighted by Crippen LogP contribution is -2.58. The second-order valence-electron chi connectivity index (χ2n) is 15.5. The Kier molecular flexibility index (Phi) is 10.2. The van der Waals surface area contributed by atoms with E-state index in [1.807, 2.05) is 52.3 Å². The van der Waals surface area contributed by atoms with E-state index in [9.17, 15) is 19.2 Å². The van der Waals surface area contributed by atoms with Crippen molar-refractivity contribution in [2.75, 3.05) is 27.3 Å². The Labute approximate surface area is 325 Å². The van der Waals surface area contributed by atoms with E-state index in [2.05, 4.69) is 32.4 Å². The summed E-state index contributed by atoms with van der Waals surface area (Å²) in [5.41, 5.74) is 3.27. The number of rotatable bonds is 7. The molecule has 2 aromatic carbocycles. The summed E-state index contributed by atoms with van der Waals surface area (Å²) in [7, 11) is 2.64. The first kappa shape index (κ1) is 37.1. The fraction of sp³-hybridized carbons (Fsp3) is 0.476. The molecular formula is C42H48N8O6. The van der Waals surface area contributed by atoms with Gasteiger partial charge in [0.25, 0.3) is 0 Å². The van der Waals surface area contributed by atoms with Gasteiger partial charge in [-0.2, -0.15) is 0 Å². The van der Waals surface area contributed by atoms with Crippen molar-refractivity contribution in [1.29, 1.82) is 0 Å². The van der Waals surface area contributed by atoms with Crippen LogP contribution in [-0.4, -0.2) is 92.1 Å². The summed E-state index contributed by atoms with van der Waals surface area (Å²) in [5.74, 6) is 7.89. The van der Waals surface area contributed by atoms with Crippen LogP contribution in [0, 0.1) is 11.8 Å². The number of aromatic nitrogens is 4. The standard InChI is InChI=1S/C42H48N8O6/c1-55-39(53)47-41(19-3-4-20-41)37(51)49-23-7-9-33(49)35-43-26-32(46-35)29-16-13-27(14-17-29)11-12-28-15-18-30-31(25-28)45-36(44-30)34-10-8-24-50(34)38(52)42(21-5-6-22-42)48-40(54)56-2/h13-18,25-26,33-34H,3-10,19-24H2,1-2H3,(H,43,46)(H,44,45)(H,47,53)(H,48,54). The molecule has 2 aliphatic carbocycles. The Morgan fingerprint density at radius 1 is 0.714 bits per heavy atom. The molecule has 2 aromatic heterocycles. The largest absolute Gasteiger partial charge is 0.453 e. The molecule has 2 saturated heterocycles. The highest BCUT2D eigenvalue weighted by molar-refractivity contribution is 5.91. The topological polar surface area (TPSA) is 175 Å². The smallest absolute Gasteiger partial charge is 0.407 e. The minimum absolute atomic E-state index is 0.0632. The summed E-state index contributed by atoms with van der Waals surface area (Å²) in [6.07, 6.45) is 9.86. The fourth-order valence-corrected chi connectivity index (χ4v) is 9.17. The quantitative estimate of drug-likeness (QED) is 0.166. The van der Waals surface area contributed by atoms with Crippen molar-refractivity contribution in [1.82, 2.24) is 40.4 Å². The number of benzene rings is 2. The third-order valence-electron chi connectivity index (χ3n) is 12.1. The van der Waals surface area contributed by atoms with Crippen LogP contribution in [0.5, 0.6) is 0 Å². The maximum absolute atomic E-state index is 13.9. The zero-order valence-electron chi connectivity index (χ0n) is 31.9. The van der Waals surface area contributed by atoms with Gasteiger partial charge >= 0.3 is 12.2 Å². The van der Waals surface area contributed by atoms with Gasteiger partial charge in [0.15, 0.2) is 0 Å². The second-order valence-corrected chi connectivity index (χ2v) is 15.5. The molecule has 0 spiro atoms. The SMILES string of the molecule is COC(=O)NC1(C(=O)N2CCCC2c2ncc(-c3ccc(C#Cc4ccc5nc(C6CCCN6C(=O)C6(NC(=O)OC)CCCC6)[nH]c5c4)cc3)[nH]2)CCCC1. The molecule has 2 saturated carbocycles. The number of aromatic amines is 2. The highest BCUT2D eigenvalue weighted by Gasteiger charge is 2.49. The van der Waals surface area contributed by atoms with Crippen molar-refractivity contribution in [3.05, 3.63) is 71.4 Å². The molecule has 8 rings (SSSR count). The van der Waals surface area contributed by atoms with Gasteiger partial charge in [0, 0.05) is 24.2 Å². The zero-order valence-corrected chi connectivity index (χ0v) is 31.9. The molecule has 14 nitrogen and oxygen atoms in total. The Morgan fingerprint density at radius 3 is 1.82 bits per heavy atom. The van der Waals surface area contributed by atoms with Crippen molar-refractivity contribution in [2.45, 2.75) is 100 Å². The summed E-state index contributed by atoms with van der Waals surface area (Å²) in [4.78, 5) is 72.4. The Balaban J connectivity index is 0.936. The van der Waals surface area contributed by atoms with Crippen LogP contribution in [0.3, 0.4) is 0 Å². The number of fused-ring (bicyclic) bond motifs is 1. The van der Waals surface area contributed by atoms with Gasteiger partial charge in [-0.25, -0.2) is 19.6 Å². The molecule has 14 heteroatoms. The highest BCUT2D eigenvalue weighted by atomic mass is 16.5. The molecule has 4 amide bonds. The number of likely N-dealkylation sites (tertiary alicyclic amines) is 2. The number of nitrogens with zero attached hydrogens (tertiary/aromatic N) is 4. The molecule has 56 heavy (non-hydrogen) atoms. The number of nitrogens with one attached hydrogen (secondary N) is 4. The molecule has 292 valence electrons. The predicted octanol–water partition coefficient (Wildman–Crippen LogP) is 6.02. The molecule has 0 bridgehead atoms. The van der Waals surface area contributed by atoms with Crippen LogP contribution in [0.2, 0.25) is 0 Å². The highest BCUT2D eigenvalue weighted by Crippen LogP contribution is 2.40. The van der Waals surface area contributed by atoms with E-state index in [-0.39, 0.29) is 23.9 Å². The van der Waals surface area contributed by atoms with Crippen molar-refractivity contribution in [3.63, 3.8) is 0 Å². The summed E-state index contributed by atoms with van der Waals surface area (Å²) < 4.78 is 9.71. The molecule has 2 aliphatic heterocycles. The molecule has 0 radical (unpaired) electrons. The lowest BCUT2D eigenvalue weighted by atomic mass is 9.95. The molecule has 4 fully saturated rings. The van der Waals surface area contributed by atoms with Gasteiger partial charge in [0.2, 0.25) is 11.8 Å². The van der Waals surface area contributed by atoms with E-state index in [4.69, 9.17) is 19.4 Å². The first-order valence-corrected chi connectivity index (χ1v) is 19.7. The number of alkyl carbamates (subject to hydrolysis) is 2. The van der Waals surface area contributed by atoms with Crippen molar-refractivity contribution in [3.8, 4) is 23.1 Å². The van der Waals surface area contributed by atoms with E-state index in [0.29, 0.717) is 38.8 Å². The number of H-pyrrole nitrogens is 2. The lowest BCUT2D eigenvalue weighted by Gasteiger charge is -2.35. The normalized spacial score (nSPS) is 21.1. The van der Waals surface area contributed by atoms with Crippen LogP contribution >= 0.6 is 0 Å².